The van der Waals surface area contributed by atoms with Crippen LogP contribution in [0.4, 0.5) is 0 Å². The Morgan fingerprint density at radius 3 is 2.58 bits per heavy atom. The van der Waals surface area contributed by atoms with Gasteiger partial charge in [-0.15, -0.1) is 0 Å². The Balaban J connectivity index is 2.27. The average molecular weight is 257 g/mol. The zero-order valence-electron chi connectivity index (χ0n) is 11.6. The van der Waals surface area contributed by atoms with Crippen LogP contribution < -0.4 is 5.32 Å². The van der Waals surface area contributed by atoms with Crippen LogP contribution in [-0.2, 0) is 13.5 Å². The van der Waals surface area contributed by atoms with Crippen LogP contribution in [-0.4, -0.2) is 22.5 Å². The number of benzene rings is 1. The van der Waals surface area contributed by atoms with Crippen LogP contribution in [0.1, 0.15) is 29.5 Å². The molecule has 2 aromatic rings. The number of imidazole rings is 1. The number of aromatic nitrogens is 2. The third-order valence-electron chi connectivity index (χ3n) is 3.12. The van der Waals surface area contributed by atoms with Crippen molar-refractivity contribution in [3.63, 3.8) is 0 Å². The molecule has 1 amide bonds. The van der Waals surface area contributed by atoms with Crippen molar-refractivity contribution in [3.8, 4) is 11.3 Å². The molecule has 1 heterocycles. The summed E-state index contributed by atoms with van der Waals surface area (Å²) >= 11 is 0. The molecule has 1 aromatic heterocycles. The Bertz CT molecular complexity index is 570. The second-order valence-electron chi connectivity index (χ2n) is 4.56. The molecule has 2 rings (SSSR count). The van der Waals surface area contributed by atoms with Crippen molar-refractivity contribution in [2.24, 2.45) is 7.05 Å². The predicted molar refractivity (Wildman–Crippen MR) is 76.0 cm³/mol. The maximum Gasteiger partial charge on any atom is 0.251 e. The van der Waals surface area contributed by atoms with Gasteiger partial charge in [0.15, 0.2) is 0 Å². The fourth-order valence-electron chi connectivity index (χ4n) is 2.04. The Hall–Kier alpha value is -2.10. The SMILES string of the molecule is CCCc1nc(-c2ccc(C(=O)NC)cc2)cn1C. The number of hydrogen-bond acceptors (Lipinski definition) is 2. The highest BCUT2D eigenvalue weighted by molar-refractivity contribution is 5.94. The Morgan fingerprint density at radius 2 is 2.00 bits per heavy atom. The molecule has 0 aliphatic rings. The van der Waals surface area contributed by atoms with E-state index in [0.717, 1.165) is 29.9 Å². The van der Waals surface area contributed by atoms with E-state index in [2.05, 4.69) is 21.8 Å². The topological polar surface area (TPSA) is 46.9 Å². The summed E-state index contributed by atoms with van der Waals surface area (Å²) in [6.45, 7) is 2.15. The third kappa shape index (κ3) is 2.84. The minimum absolute atomic E-state index is 0.0701. The van der Waals surface area contributed by atoms with E-state index in [1.54, 1.807) is 7.05 Å². The van der Waals surface area contributed by atoms with E-state index in [-0.39, 0.29) is 5.91 Å². The summed E-state index contributed by atoms with van der Waals surface area (Å²) in [5.41, 5.74) is 2.65. The molecule has 0 radical (unpaired) electrons. The zero-order chi connectivity index (χ0) is 13.8. The van der Waals surface area contributed by atoms with Crippen LogP contribution in [0.2, 0.25) is 0 Å². The number of carbonyl (C=O) groups is 1. The number of nitrogens with zero attached hydrogens (tertiary/aromatic N) is 2. The van der Waals surface area contributed by atoms with Crippen molar-refractivity contribution >= 4 is 5.91 Å². The highest BCUT2D eigenvalue weighted by atomic mass is 16.1. The standard InChI is InChI=1S/C15H19N3O/c1-4-5-14-17-13(10-18(14)3)11-6-8-12(9-7-11)15(19)16-2/h6-10H,4-5H2,1-3H3,(H,16,19). The maximum atomic E-state index is 11.5. The van der Waals surface area contributed by atoms with E-state index in [9.17, 15) is 4.79 Å². The molecule has 0 unspecified atom stereocenters. The smallest absolute Gasteiger partial charge is 0.251 e. The second-order valence-corrected chi connectivity index (χ2v) is 4.56. The molecule has 0 aliphatic heterocycles. The van der Waals surface area contributed by atoms with Crippen LogP contribution >= 0.6 is 0 Å². The fourth-order valence-corrected chi connectivity index (χ4v) is 2.04. The molecule has 1 aromatic carbocycles. The number of nitrogens with one attached hydrogen (secondary N) is 1. The minimum atomic E-state index is -0.0701. The van der Waals surface area contributed by atoms with Crippen molar-refractivity contribution < 1.29 is 4.79 Å². The maximum absolute atomic E-state index is 11.5. The van der Waals surface area contributed by atoms with Gasteiger partial charge in [0, 0.05) is 37.8 Å². The molecular weight excluding hydrogens is 238 g/mol. The van der Waals surface area contributed by atoms with Crippen LogP contribution in [0, 0.1) is 0 Å². The molecule has 1 N–H and O–H groups in total. The van der Waals surface area contributed by atoms with E-state index in [1.807, 2.05) is 37.5 Å². The van der Waals surface area contributed by atoms with Crippen LogP contribution in [0.5, 0.6) is 0 Å². The Kier molecular flexibility index (Phi) is 4.00. The largest absolute Gasteiger partial charge is 0.355 e. The van der Waals surface area contributed by atoms with Gasteiger partial charge in [-0.05, 0) is 18.6 Å². The molecule has 0 saturated carbocycles. The monoisotopic (exact) mass is 257 g/mol. The Morgan fingerprint density at radius 1 is 1.32 bits per heavy atom. The van der Waals surface area contributed by atoms with Gasteiger partial charge in [-0.2, -0.15) is 0 Å². The lowest BCUT2D eigenvalue weighted by atomic mass is 10.1. The van der Waals surface area contributed by atoms with E-state index in [4.69, 9.17) is 0 Å². The predicted octanol–water partition coefficient (Wildman–Crippen LogP) is 2.40. The summed E-state index contributed by atoms with van der Waals surface area (Å²) in [5.74, 6) is 1.02. The van der Waals surface area contributed by atoms with Gasteiger partial charge in [0.2, 0.25) is 0 Å². The highest BCUT2D eigenvalue weighted by Gasteiger charge is 2.08. The van der Waals surface area contributed by atoms with Gasteiger partial charge in [-0.3, -0.25) is 4.79 Å². The van der Waals surface area contributed by atoms with Gasteiger partial charge in [0.05, 0.1) is 5.69 Å². The van der Waals surface area contributed by atoms with Gasteiger partial charge < -0.3 is 9.88 Å². The average Bonchev–Trinajstić information content (AvgIpc) is 2.80. The number of aryl methyl sites for hydroxylation is 2. The first-order valence-electron chi connectivity index (χ1n) is 6.50. The van der Waals surface area contributed by atoms with Gasteiger partial charge in [0.1, 0.15) is 5.82 Å². The molecule has 0 fully saturated rings. The third-order valence-corrected chi connectivity index (χ3v) is 3.12. The lowest BCUT2D eigenvalue weighted by Gasteiger charge is -2.00. The zero-order valence-corrected chi connectivity index (χ0v) is 11.6. The summed E-state index contributed by atoms with van der Waals surface area (Å²) in [6.07, 6.45) is 4.09. The van der Waals surface area contributed by atoms with E-state index in [1.165, 1.54) is 0 Å². The van der Waals surface area contributed by atoms with Crippen LogP contribution in [0.15, 0.2) is 30.5 Å². The molecule has 4 heteroatoms. The van der Waals surface area contributed by atoms with E-state index < -0.39 is 0 Å². The van der Waals surface area contributed by atoms with Crippen molar-refractivity contribution in [2.75, 3.05) is 7.05 Å². The fraction of sp³-hybridized carbons (Fsp3) is 0.333. The first kappa shape index (κ1) is 13.3. The van der Waals surface area contributed by atoms with Crippen LogP contribution in [0.3, 0.4) is 0 Å². The van der Waals surface area contributed by atoms with Gasteiger partial charge in [-0.25, -0.2) is 4.98 Å². The second kappa shape index (κ2) is 5.69. The molecule has 0 spiro atoms. The lowest BCUT2D eigenvalue weighted by Crippen LogP contribution is -2.17. The molecule has 0 bridgehead atoms. The summed E-state index contributed by atoms with van der Waals surface area (Å²) < 4.78 is 2.06. The first-order valence-corrected chi connectivity index (χ1v) is 6.50. The number of rotatable bonds is 4. The molecule has 4 nitrogen and oxygen atoms in total. The van der Waals surface area contributed by atoms with Gasteiger partial charge >= 0.3 is 0 Å². The van der Waals surface area contributed by atoms with Crippen molar-refractivity contribution in [1.82, 2.24) is 14.9 Å². The molecule has 0 saturated heterocycles. The minimum Gasteiger partial charge on any atom is -0.355 e. The molecule has 19 heavy (non-hydrogen) atoms. The van der Waals surface area contributed by atoms with Crippen LogP contribution in [0.25, 0.3) is 11.3 Å². The quantitative estimate of drug-likeness (QED) is 0.914. The number of amides is 1. The summed E-state index contributed by atoms with van der Waals surface area (Å²) in [4.78, 5) is 16.1. The van der Waals surface area contributed by atoms with Gasteiger partial charge in [0.25, 0.3) is 5.91 Å². The van der Waals surface area contributed by atoms with E-state index >= 15 is 0 Å². The Labute approximate surface area is 113 Å². The molecule has 0 atom stereocenters. The summed E-state index contributed by atoms with van der Waals surface area (Å²) in [5, 5.41) is 2.61. The first-order chi connectivity index (χ1) is 9.15. The molecule has 100 valence electrons. The van der Waals surface area contributed by atoms with E-state index in [0.29, 0.717) is 5.56 Å². The van der Waals surface area contributed by atoms with Gasteiger partial charge in [-0.1, -0.05) is 19.1 Å². The van der Waals surface area contributed by atoms with Crippen molar-refractivity contribution in [1.29, 1.82) is 0 Å². The summed E-state index contributed by atoms with van der Waals surface area (Å²) in [6, 6.07) is 7.51. The molecule has 0 aliphatic carbocycles. The highest BCUT2D eigenvalue weighted by Crippen LogP contribution is 2.19. The number of hydrogen-bond donors (Lipinski definition) is 1. The summed E-state index contributed by atoms with van der Waals surface area (Å²) in [7, 11) is 3.65. The normalized spacial score (nSPS) is 10.5. The molecular formula is C15H19N3O. The number of carbonyl (C=O) groups excluding carboxylic acids is 1. The van der Waals surface area contributed by atoms with Crippen molar-refractivity contribution in [3.05, 3.63) is 41.9 Å². The lowest BCUT2D eigenvalue weighted by molar-refractivity contribution is 0.0963. The van der Waals surface area contributed by atoms with Crippen molar-refractivity contribution in [2.45, 2.75) is 19.8 Å².